The lowest BCUT2D eigenvalue weighted by Crippen LogP contribution is -2.23. The molecular formula is C17H23ClN4OS. The maximum absolute atomic E-state index is 12.2. The minimum atomic E-state index is 0.00203. The average Bonchev–Trinajstić information content (AvgIpc) is 2.86. The quantitative estimate of drug-likeness (QED) is 0.837. The Morgan fingerprint density at radius 2 is 2.12 bits per heavy atom. The van der Waals surface area contributed by atoms with Crippen molar-refractivity contribution in [3.05, 3.63) is 29.5 Å². The van der Waals surface area contributed by atoms with Gasteiger partial charge in [0.15, 0.2) is 5.16 Å². The van der Waals surface area contributed by atoms with Crippen molar-refractivity contribution in [1.29, 1.82) is 0 Å². The Kier molecular flexibility index (Phi) is 5.93. The number of rotatable bonds is 5. The maximum atomic E-state index is 12.2. The van der Waals surface area contributed by atoms with E-state index in [2.05, 4.69) is 43.2 Å². The normalized spacial score (nSPS) is 12.9. The Hall–Kier alpha value is -1.53. The van der Waals surface area contributed by atoms with Crippen molar-refractivity contribution < 1.29 is 4.79 Å². The van der Waals surface area contributed by atoms with Gasteiger partial charge in [-0.3, -0.25) is 4.79 Å². The number of carbonyl (C=O) groups excluding carboxylic acids is 1. The highest BCUT2D eigenvalue weighted by Gasteiger charge is 2.22. The van der Waals surface area contributed by atoms with Crippen LogP contribution in [0.4, 0.5) is 5.69 Å². The Labute approximate surface area is 152 Å². The number of aryl methyl sites for hydroxylation is 1. The second-order valence-electron chi connectivity index (χ2n) is 6.99. The van der Waals surface area contributed by atoms with Gasteiger partial charge >= 0.3 is 0 Å². The Morgan fingerprint density at radius 3 is 2.67 bits per heavy atom. The van der Waals surface area contributed by atoms with Crippen LogP contribution in [0.2, 0.25) is 5.02 Å². The van der Waals surface area contributed by atoms with Crippen molar-refractivity contribution in [2.75, 3.05) is 5.32 Å². The van der Waals surface area contributed by atoms with E-state index in [9.17, 15) is 4.79 Å². The molecule has 1 atom stereocenters. The lowest BCUT2D eigenvalue weighted by Gasteiger charge is -2.26. The van der Waals surface area contributed by atoms with E-state index in [0.29, 0.717) is 23.0 Å². The maximum Gasteiger partial charge on any atom is 0.224 e. The number of hydrogen-bond donors (Lipinski definition) is 1. The fourth-order valence-corrected chi connectivity index (χ4v) is 2.99. The van der Waals surface area contributed by atoms with E-state index in [4.69, 9.17) is 11.6 Å². The first-order valence-electron chi connectivity index (χ1n) is 7.78. The molecule has 1 heterocycles. The van der Waals surface area contributed by atoms with E-state index >= 15 is 0 Å². The lowest BCUT2D eigenvalue weighted by molar-refractivity contribution is -0.117. The number of aromatic nitrogens is 3. The summed E-state index contributed by atoms with van der Waals surface area (Å²) >= 11 is 7.76. The second-order valence-corrected chi connectivity index (χ2v) is 8.41. The zero-order valence-electron chi connectivity index (χ0n) is 14.6. The number of anilines is 1. The van der Waals surface area contributed by atoms with Crippen LogP contribution < -0.4 is 5.32 Å². The summed E-state index contributed by atoms with van der Waals surface area (Å²) < 4.78 is 1.82. The van der Waals surface area contributed by atoms with Crippen LogP contribution in [0.25, 0.3) is 0 Å². The molecule has 24 heavy (non-hydrogen) atoms. The van der Waals surface area contributed by atoms with E-state index in [1.165, 1.54) is 11.8 Å². The molecule has 0 saturated heterocycles. The largest absolute Gasteiger partial charge is 0.326 e. The van der Waals surface area contributed by atoms with Gasteiger partial charge in [-0.15, -0.1) is 10.2 Å². The van der Waals surface area contributed by atoms with Crippen LogP contribution in [0.3, 0.4) is 0 Å². The first-order chi connectivity index (χ1) is 11.2. The summed E-state index contributed by atoms with van der Waals surface area (Å²) in [6.45, 7) is 8.51. The summed E-state index contributed by atoms with van der Waals surface area (Å²) in [7, 11) is 1.88. The summed E-state index contributed by atoms with van der Waals surface area (Å²) in [4.78, 5) is 13.1. The van der Waals surface area contributed by atoms with Crippen molar-refractivity contribution in [3.8, 4) is 0 Å². The molecule has 1 amide bonds. The van der Waals surface area contributed by atoms with Gasteiger partial charge in [0.05, 0.1) is 5.02 Å². The lowest BCUT2D eigenvalue weighted by atomic mass is 9.80. The number of amides is 1. The number of benzene rings is 1. The molecule has 7 heteroatoms. The molecule has 0 saturated carbocycles. The van der Waals surface area contributed by atoms with Crippen molar-refractivity contribution in [1.82, 2.24) is 14.8 Å². The molecule has 0 aliphatic rings. The van der Waals surface area contributed by atoms with Gasteiger partial charge in [-0.2, -0.15) is 0 Å². The number of halogens is 1. The molecule has 0 aliphatic carbocycles. The highest BCUT2D eigenvalue weighted by atomic mass is 35.5. The highest BCUT2D eigenvalue weighted by molar-refractivity contribution is 7.99. The molecule has 0 bridgehead atoms. The van der Waals surface area contributed by atoms with E-state index in [0.717, 1.165) is 10.1 Å². The Bertz CT molecular complexity index is 724. The average molecular weight is 367 g/mol. The molecular weight excluding hydrogens is 344 g/mol. The molecule has 0 radical (unpaired) electrons. The monoisotopic (exact) mass is 366 g/mol. The van der Waals surface area contributed by atoms with Gasteiger partial charge < -0.3 is 9.88 Å². The van der Waals surface area contributed by atoms with Crippen molar-refractivity contribution >= 4 is 35.0 Å². The summed E-state index contributed by atoms with van der Waals surface area (Å²) in [6, 6.07) is 5.49. The molecule has 130 valence electrons. The summed E-state index contributed by atoms with van der Waals surface area (Å²) in [5.41, 5.74) is 0.805. The molecule has 0 spiro atoms. The molecule has 0 fully saturated rings. The third-order valence-corrected chi connectivity index (χ3v) is 5.61. The third-order valence-electron chi connectivity index (χ3n) is 4.06. The fourth-order valence-electron chi connectivity index (χ4n) is 1.92. The third kappa shape index (κ3) is 4.98. The standard InChI is InChI=1S/C17H23ClN4OS/c1-11(17(2,3)4)8-15(23)20-12-6-7-14(13(18)9-12)24-16-21-19-10-22(16)5/h6-7,9-11H,8H2,1-5H3,(H,20,23). The first-order valence-corrected chi connectivity index (χ1v) is 8.97. The van der Waals surface area contributed by atoms with Crippen LogP contribution in [0.1, 0.15) is 34.1 Å². The fraction of sp³-hybridized carbons (Fsp3) is 0.471. The highest BCUT2D eigenvalue weighted by Crippen LogP contribution is 2.34. The van der Waals surface area contributed by atoms with Crippen LogP contribution in [0.15, 0.2) is 34.6 Å². The molecule has 2 rings (SSSR count). The summed E-state index contributed by atoms with van der Waals surface area (Å²) in [5.74, 6) is 0.293. The van der Waals surface area contributed by atoms with E-state index < -0.39 is 0 Å². The van der Waals surface area contributed by atoms with Gasteiger partial charge in [0.1, 0.15) is 6.33 Å². The van der Waals surface area contributed by atoms with Gasteiger partial charge in [-0.05, 0) is 41.3 Å². The van der Waals surface area contributed by atoms with Crippen molar-refractivity contribution in [2.24, 2.45) is 18.4 Å². The topological polar surface area (TPSA) is 59.8 Å². The van der Waals surface area contributed by atoms with Crippen LogP contribution in [0, 0.1) is 11.3 Å². The zero-order chi connectivity index (χ0) is 17.9. The van der Waals surface area contributed by atoms with Gasteiger partial charge in [-0.1, -0.05) is 39.3 Å². The number of carbonyl (C=O) groups is 1. The first kappa shape index (κ1) is 18.8. The summed E-state index contributed by atoms with van der Waals surface area (Å²) in [6.07, 6.45) is 2.12. The Morgan fingerprint density at radius 1 is 1.42 bits per heavy atom. The molecule has 2 aromatic rings. The predicted molar refractivity (Wildman–Crippen MR) is 98.4 cm³/mol. The molecule has 0 aliphatic heterocycles. The second kappa shape index (κ2) is 7.57. The van der Waals surface area contributed by atoms with Crippen LogP contribution in [0.5, 0.6) is 0 Å². The molecule has 5 nitrogen and oxygen atoms in total. The predicted octanol–water partition coefficient (Wildman–Crippen LogP) is 4.63. The van der Waals surface area contributed by atoms with Gasteiger partial charge in [-0.25, -0.2) is 0 Å². The minimum absolute atomic E-state index is 0.00203. The molecule has 1 aromatic carbocycles. The number of nitrogens with zero attached hydrogens (tertiary/aromatic N) is 3. The SMILES string of the molecule is CC(CC(=O)Nc1ccc(Sc2nncn2C)c(Cl)c1)C(C)(C)C. The van der Waals surface area contributed by atoms with Crippen LogP contribution in [-0.2, 0) is 11.8 Å². The Balaban J connectivity index is 2.02. The summed E-state index contributed by atoms with van der Waals surface area (Å²) in [5, 5.41) is 12.1. The van der Waals surface area contributed by atoms with Gasteiger partial charge in [0, 0.05) is 24.1 Å². The van der Waals surface area contributed by atoms with Gasteiger partial charge in [0.2, 0.25) is 5.91 Å². The van der Waals surface area contributed by atoms with E-state index in [-0.39, 0.29) is 11.3 Å². The van der Waals surface area contributed by atoms with Crippen molar-refractivity contribution in [3.63, 3.8) is 0 Å². The van der Waals surface area contributed by atoms with Crippen molar-refractivity contribution in [2.45, 2.75) is 44.2 Å². The van der Waals surface area contributed by atoms with E-state index in [1.54, 1.807) is 12.4 Å². The molecule has 1 N–H and O–H groups in total. The van der Waals surface area contributed by atoms with Gasteiger partial charge in [0.25, 0.3) is 0 Å². The van der Waals surface area contributed by atoms with Crippen LogP contribution in [-0.4, -0.2) is 20.7 Å². The zero-order valence-corrected chi connectivity index (χ0v) is 16.2. The van der Waals surface area contributed by atoms with E-state index in [1.807, 2.05) is 23.7 Å². The molecule has 1 aromatic heterocycles. The van der Waals surface area contributed by atoms with Crippen LogP contribution >= 0.6 is 23.4 Å². The number of nitrogens with one attached hydrogen (secondary N) is 1. The minimum Gasteiger partial charge on any atom is -0.326 e. The molecule has 1 unspecified atom stereocenters. The number of hydrogen-bond acceptors (Lipinski definition) is 4. The smallest absolute Gasteiger partial charge is 0.224 e.